The highest BCUT2D eigenvalue weighted by atomic mass is 127. The van der Waals surface area contributed by atoms with Crippen molar-refractivity contribution >= 4 is 39.7 Å². The van der Waals surface area contributed by atoms with E-state index in [1.165, 1.54) is 11.3 Å². The van der Waals surface area contributed by atoms with Gasteiger partial charge in [0.05, 0.1) is 23.0 Å². The van der Waals surface area contributed by atoms with Gasteiger partial charge in [-0.25, -0.2) is 0 Å². The molecule has 0 radical (unpaired) electrons. The van der Waals surface area contributed by atoms with Crippen LogP contribution in [-0.2, 0) is 9.47 Å². The van der Waals surface area contributed by atoms with Crippen molar-refractivity contribution in [2.24, 2.45) is 0 Å². The Kier molecular flexibility index (Phi) is 3.97. The number of thiophene rings is 1. The number of carbonyl (C=O) groups is 1. The van der Waals surface area contributed by atoms with Crippen LogP contribution in [0, 0.1) is 3.57 Å². The molecule has 1 aliphatic rings. The zero-order valence-corrected chi connectivity index (χ0v) is 12.9. The molecule has 0 unspecified atom stereocenters. The first-order chi connectivity index (χ1) is 9.24. The van der Waals surface area contributed by atoms with Gasteiger partial charge in [0.25, 0.3) is 0 Å². The fraction of sp³-hybridized carbons (Fsp3) is 0.214. The third kappa shape index (κ3) is 2.89. The van der Waals surface area contributed by atoms with Crippen LogP contribution < -0.4 is 0 Å². The Morgan fingerprint density at radius 3 is 2.74 bits per heavy atom. The second kappa shape index (κ2) is 5.70. The highest BCUT2D eigenvalue weighted by Gasteiger charge is 2.21. The molecule has 2 aromatic rings. The van der Waals surface area contributed by atoms with Gasteiger partial charge >= 0.3 is 0 Å². The second-order valence-electron chi connectivity index (χ2n) is 4.11. The van der Waals surface area contributed by atoms with E-state index in [1.54, 1.807) is 0 Å². The fourth-order valence-corrected chi connectivity index (χ4v) is 3.41. The van der Waals surface area contributed by atoms with Crippen molar-refractivity contribution in [3.8, 4) is 0 Å². The van der Waals surface area contributed by atoms with Crippen LogP contribution in [0.5, 0.6) is 0 Å². The largest absolute Gasteiger partial charge is 0.345 e. The molecular weight excluding hydrogens is 375 g/mol. The second-order valence-corrected chi connectivity index (χ2v) is 6.48. The molecule has 3 nitrogen and oxygen atoms in total. The smallest absolute Gasteiger partial charge is 0.202 e. The summed E-state index contributed by atoms with van der Waals surface area (Å²) >= 11 is 3.64. The molecule has 98 valence electrons. The first-order valence-corrected chi connectivity index (χ1v) is 7.77. The molecule has 3 rings (SSSR count). The number of hydrogen-bond donors (Lipinski definition) is 0. The van der Waals surface area contributed by atoms with Gasteiger partial charge in [-0.1, -0.05) is 12.1 Å². The van der Waals surface area contributed by atoms with E-state index in [0.29, 0.717) is 18.8 Å². The summed E-state index contributed by atoms with van der Waals surface area (Å²) in [5.41, 5.74) is 0.716. The molecule has 0 bridgehead atoms. The lowest BCUT2D eigenvalue weighted by Gasteiger charge is -2.04. The van der Waals surface area contributed by atoms with E-state index in [0.717, 1.165) is 13.3 Å². The summed E-state index contributed by atoms with van der Waals surface area (Å²) in [5, 5.41) is 0. The molecule has 0 saturated carbocycles. The lowest BCUT2D eigenvalue weighted by molar-refractivity contribution is -0.0413. The molecule has 1 fully saturated rings. The summed E-state index contributed by atoms with van der Waals surface area (Å²) in [6, 6.07) is 11.3. The van der Waals surface area contributed by atoms with Crippen molar-refractivity contribution in [1.29, 1.82) is 0 Å². The lowest BCUT2D eigenvalue weighted by atomic mass is 10.1. The lowest BCUT2D eigenvalue weighted by Crippen LogP contribution is -1.98. The van der Waals surface area contributed by atoms with E-state index in [4.69, 9.17) is 9.47 Å². The highest BCUT2D eigenvalue weighted by Crippen LogP contribution is 2.30. The van der Waals surface area contributed by atoms with Gasteiger partial charge in [-0.15, -0.1) is 11.3 Å². The average Bonchev–Trinajstić information content (AvgIpc) is 3.08. The van der Waals surface area contributed by atoms with Crippen molar-refractivity contribution in [2.45, 2.75) is 6.29 Å². The zero-order chi connectivity index (χ0) is 13.2. The maximum Gasteiger partial charge on any atom is 0.202 e. The van der Waals surface area contributed by atoms with Gasteiger partial charge < -0.3 is 9.47 Å². The minimum Gasteiger partial charge on any atom is -0.345 e. The molecule has 0 N–H and O–H groups in total. The van der Waals surface area contributed by atoms with E-state index in [9.17, 15) is 4.79 Å². The number of benzene rings is 1. The van der Waals surface area contributed by atoms with E-state index in [2.05, 4.69) is 22.6 Å². The Bertz CT molecular complexity index is 602. The van der Waals surface area contributed by atoms with Crippen molar-refractivity contribution in [2.75, 3.05) is 13.2 Å². The topological polar surface area (TPSA) is 35.5 Å². The van der Waals surface area contributed by atoms with Crippen LogP contribution in [0.1, 0.15) is 26.4 Å². The Balaban J connectivity index is 1.84. The standard InChI is InChI=1S/C14H11IO3S/c15-10-3-1-2-9(8-10)13(16)11-4-5-12(19-11)14-17-6-7-18-14/h1-5,8,14H,6-7H2. The van der Waals surface area contributed by atoms with Crippen LogP contribution in [0.3, 0.4) is 0 Å². The maximum atomic E-state index is 12.4. The predicted octanol–water partition coefficient (Wildman–Crippen LogP) is 3.63. The molecule has 19 heavy (non-hydrogen) atoms. The minimum absolute atomic E-state index is 0.0489. The normalized spacial score (nSPS) is 15.8. The van der Waals surface area contributed by atoms with Gasteiger partial charge in [0.2, 0.25) is 5.78 Å². The quantitative estimate of drug-likeness (QED) is 0.597. The summed E-state index contributed by atoms with van der Waals surface area (Å²) in [7, 11) is 0. The van der Waals surface area contributed by atoms with Crippen molar-refractivity contribution in [3.63, 3.8) is 0 Å². The van der Waals surface area contributed by atoms with E-state index >= 15 is 0 Å². The van der Waals surface area contributed by atoms with Crippen LogP contribution in [0.25, 0.3) is 0 Å². The Morgan fingerprint density at radius 1 is 1.21 bits per heavy atom. The van der Waals surface area contributed by atoms with E-state index < -0.39 is 0 Å². The number of ether oxygens (including phenoxy) is 2. The Labute approximate surface area is 128 Å². The van der Waals surface area contributed by atoms with Gasteiger partial charge in [0, 0.05) is 9.13 Å². The monoisotopic (exact) mass is 386 g/mol. The summed E-state index contributed by atoms with van der Waals surface area (Å²) < 4.78 is 11.9. The van der Waals surface area contributed by atoms with Crippen LogP contribution >= 0.6 is 33.9 Å². The highest BCUT2D eigenvalue weighted by molar-refractivity contribution is 14.1. The average molecular weight is 386 g/mol. The third-order valence-corrected chi connectivity index (χ3v) is 4.57. The third-order valence-electron chi connectivity index (χ3n) is 2.79. The number of hydrogen-bond acceptors (Lipinski definition) is 4. The van der Waals surface area contributed by atoms with Gasteiger partial charge in [-0.05, 0) is 46.9 Å². The van der Waals surface area contributed by atoms with Crippen molar-refractivity contribution in [3.05, 3.63) is 55.3 Å². The molecule has 5 heteroatoms. The van der Waals surface area contributed by atoms with E-state index in [-0.39, 0.29) is 12.1 Å². The van der Waals surface area contributed by atoms with Crippen LogP contribution in [-0.4, -0.2) is 19.0 Å². The van der Waals surface area contributed by atoms with Crippen LogP contribution in [0.15, 0.2) is 36.4 Å². The van der Waals surface area contributed by atoms with Crippen molar-refractivity contribution < 1.29 is 14.3 Å². The SMILES string of the molecule is O=C(c1cccc(I)c1)c1ccc(C2OCCO2)s1. The van der Waals surface area contributed by atoms with Crippen molar-refractivity contribution in [1.82, 2.24) is 0 Å². The molecule has 0 atom stereocenters. The predicted molar refractivity (Wildman–Crippen MR) is 81.6 cm³/mol. The molecule has 0 amide bonds. The maximum absolute atomic E-state index is 12.4. The summed E-state index contributed by atoms with van der Waals surface area (Å²) in [6.45, 7) is 1.23. The van der Waals surface area contributed by atoms with Gasteiger partial charge in [-0.3, -0.25) is 4.79 Å². The van der Waals surface area contributed by atoms with Gasteiger partial charge in [0.1, 0.15) is 0 Å². The molecule has 0 aliphatic carbocycles. The molecule has 1 aliphatic heterocycles. The minimum atomic E-state index is -0.303. The first kappa shape index (κ1) is 13.2. The summed E-state index contributed by atoms with van der Waals surface area (Å²) in [5.74, 6) is 0.0489. The molecule has 0 spiro atoms. The Morgan fingerprint density at radius 2 is 2.00 bits per heavy atom. The molecule has 1 aromatic heterocycles. The molecule has 2 heterocycles. The van der Waals surface area contributed by atoms with Gasteiger partial charge in [-0.2, -0.15) is 0 Å². The first-order valence-electron chi connectivity index (χ1n) is 5.87. The molecule has 1 aromatic carbocycles. The molecular formula is C14H11IO3S. The van der Waals surface area contributed by atoms with E-state index in [1.807, 2.05) is 36.4 Å². The molecule has 1 saturated heterocycles. The number of carbonyl (C=O) groups excluding carboxylic acids is 1. The summed E-state index contributed by atoms with van der Waals surface area (Å²) in [6.07, 6.45) is -0.303. The number of ketones is 1. The summed E-state index contributed by atoms with van der Waals surface area (Å²) in [4.78, 5) is 14.0. The van der Waals surface area contributed by atoms with Gasteiger partial charge in [0.15, 0.2) is 6.29 Å². The zero-order valence-electron chi connectivity index (χ0n) is 9.97. The van der Waals surface area contributed by atoms with Crippen LogP contribution in [0.2, 0.25) is 0 Å². The fourth-order valence-electron chi connectivity index (χ4n) is 1.90. The number of halogens is 1. The number of rotatable bonds is 3. The van der Waals surface area contributed by atoms with Crippen LogP contribution in [0.4, 0.5) is 0 Å². The Hall–Kier alpha value is -0.760.